The van der Waals surface area contributed by atoms with Crippen molar-refractivity contribution < 1.29 is 19.8 Å². The van der Waals surface area contributed by atoms with E-state index < -0.39 is 11.9 Å². The van der Waals surface area contributed by atoms with Gasteiger partial charge in [0.25, 0.3) is 0 Å². The van der Waals surface area contributed by atoms with Gasteiger partial charge in [-0.3, -0.25) is 0 Å². The summed E-state index contributed by atoms with van der Waals surface area (Å²) in [5, 5.41) is 16.9. The molecule has 4 rings (SSSR count). The second kappa shape index (κ2) is 8.45. The maximum Gasteiger partial charge on any atom is 0.335 e. The Morgan fingerprint density at radius 2 is 1.00 bits per heavy atom. The highest BCUT2D eigenvalue weighted by molar-refractivity contribution is 5.91. The van der Waals surface area contributed by atoms with Crippen LogP contribution in [0.15, 0.2) is 86.0 Å². The summed E-state index contributed by atoms with van der Waals surface area (Å²) in [6.45, 7) is 0. The summed E-state index contributed by atoms with van der Waals surface area (Å²) in [6.07, 6.45) is 10.9. The Hall–Kier alpha value is -4.20. The molecule has 0 saturated heterocycles. The van der Waals surface area contributed by atoms with E-state index in [1.54, 1.807) is 25.0 Å². The maximum atomic E-state index is 10.3. The van der Waals surface area contributed by atoms with Crippen LogP contribution >= 0.6 is 0 Å². The topological polar surface area (TPSA) is 110 Å². The van der Waals surface area contributed by atoms with E-state index in [2.05, 4.69) is 34.2 Å². The van der Waals surface area contributed by atoms with Crippen LogP contribution in [0.4, 0.5) is 0 Å². The van der Waals surface area contributed by atoms with E-state index in [-0.39, 0.29) is 11.1 Å². The average Bonchev–Trinajstić information content (AvgIpc) is 3.43. The van der Waals surface area contributed by atoms with Crippen LogP contribution in [0.2, 0.25) is 0 Å². The zero-order chi connectivity index (χ0) is 19.9. The van der Waals surface area contributed by atoms with Gasteiger partial charge in [-0.05, 0) is 48.5 Å². The molecule has 0 bridgehead atoms. The fraction of sp³-hybridized carbons (Fsp3) is 0. The second-order valence-corrected chi connectivity index (χ2v) is 5.64. The number of aromatic nitrogens is 4. The van der Waals surface area contributed by atoms with Gasteiger partial charge in [0.15, 0.2) is 0 Å². The zero-order valence-electron chi connectivity index (χ0n) is 14.6. The van der Waals surface area contributed by atoms with Crippen LogP contribution in [0, 0.1) is 0 Å². The lowest BCUT2D eigenvalue weighted by Gasteiger charge is -2.04. The molecule has 2 aromatic carbocycles. The molecule has 8 nitrogen and oxygen atoms in total. The van der Waals surface area contributed by atoms with Crippen LogP contribution in [0.5, 0.6) is 0 Å². The van der Waals surface area contributed by atoms with E-state index in [1.807, 2.05) is 21.5 Å². The monoisotopic (exact) mass is 376 g/mol. The summed E-state index contributed by atoms with van der Waals surface area (Å²) in [6, 6.07) is 13.2. The molecule has 0 saturated carbocycles. The molecule has 0 fully saturated rings. The van der Waals surface area contributed by atoms with Crippen molar-refractivity contribution in [3.05, 3.63) is 97.1 Å². The summed E-state index contributed by atoms with van der Waals surface area (Å²) >= 11 is 0. The third-order valence-electron chi connectivity index (χ3n) is 3.83. The van der Waals surface area contributed by atoms with Crippen molar-refractivity contribution in [1.82, 2.24) is 19.1 Å². The van der Waals surface area contributed by atoms with Gasteiger partial charge in [0.1, 0.15) is 0 Å². The highest BCUT2D eigenvalue weighted by atomic mass is 16.4. The molecule has 0 spiro atoms. The lowest BCUT2D eigenvalue weighted by molar-refractivity contribution is 0.0681. The molecule has 0 radical (unpaired) electrons. The Kier molecular flexibility index (Phi) is 5.61. The van der Waals surface area contributed by atoms with E-state index in [4.69, 9.17) is 10.2 Å². The van der Waals surface area contributed by atoms with E-state index in [0.717, 1.165) is 11.4 Å². The third kappa shape index (κ3) is 4.50. The average molecular weight is 376 g/mol. The van der Waals surface area contributed by atoms with Gasteiger partial charge in [-0.25, -0.2) is 19.6 Å². The molecular weight excluding hydrogens is 360 g/mol. The Balaban J connectivity index is 0.000000169. The first-order valence-electron chi connectivity index (χ1n) is 8.18. The van der Waals surface area contributed by atoms with Gasteiger partial charge in [0.05, 0.1) is 23.8 Å². The van der Waals surface area contributed by atoms with Gasteiger partial charge in [0, 0.05) is 36.2 Å². The minimum Gasteiger partial charge on any atom is -0.478 e. The highest BCUT2D eigenvalue weighted by Crippen LogP contribution is 2.12. The van der Waals surface area contributed by atoms with Crippen molar-refractivity contribution in [3.63, 3.8) is 0 Å². The number of carboxylic acids is 2. The summed E-state index contributed by atoms with van der Waals surface area (Å²) in [7, 11) is 0. The van der Waals surface area contributed by atoms with Crippen LogP contribution in [0.3, 0.4) is 0 Å². The van der Waals surface area contributed by atoms with E-state index >= 15 is 0 Å². The quantitative estimate of drug-likeness (QED) is 0.566. The molecule has 0 unspecified atom stereocenters. The van der Waals surface area contributed by atoms with Gasteiger partial charge in [0.2, 0.25) is 0 Å². The molecule has 0 amide bonds. The molecule has 0 aliphatic rings. The van der Waals surface area contributed by atoms with Crippen molar-refractivity contribution in [2.45, 2.75) is 0 Å². The molecule has 2 aromatic heterocycles. The SMILES string of the molecule is O=C(O)c1ccc(C(=O)O)cc1.c1cn(-c2ccc(-n3ccnc3)cc2)cn1. The number of carboxylic acid groups (broad SMARTS) is 2. The summed E-state index contributed by atoms with van der Waals surface area (Å²) < 4.78 is 3.94. The number of imidazole rings is 2. The van der Waals surface area contributed by atoms with Crippen LogP contribution < -0.4 is 0 Å². The maximum absolute atomic E-state index is 10.3. The van der Waals surface area contributed by atoms with E-state index in [1.165, 1.54) is 24.3 Å². The predicted octanol–water partition coefficient (Wildman–Crippen LogP) is 3.14. The van der Waals surface area contributed by atoms with Gasteiger partial charge < -0.3 is 19.3 Å². The molecule has 28 heavy (non-hydrogen) atoms. The lowest BCUT2D eigenvalue weighted by Crippen LogP contribution is -1.99. The van der Waals surface area contributed by atoms with Crippen molar-refractivity contribution in [2.75, 3.05) is 0 Å². The minimum atomic E-state index is -1.06. The Bertz CT molecular complexity index is 953. The molecule has 0 atom stereocenters. The van der Waals surface area contributed by atoms with Crippen LogP contribution in [-0.4, -0.2) is 41.3 Å². The number of aromatic carboxylic acids is 2. The number of hydrogen-bond acceptors (Lipinski definition) is 4. The third-order valence-corrected chi connectivity index (χ3v) is 3.83. The number of carbonyl (C=O) groups is 2. The van der Waals surface area contributed by atoms with Crippen molar-refractivity contribution in [1.29, 1.82) is 0 Å². The Morgan fingerprint density at radius 1 is 0.643 bits per heavy atom. The standard InChI is InChI=1S/C12H10N4.C8H6O4/c1-2-12(16-8-6-14-10-16)4-3-11(1)15-7-5-13-9-15;9-7(10)5-1-2-6(4-3-5)8(11)12/h1-10H;1-4H,(H,9,10)(H,11,12). The Labute approximate surface area is 160 Å². The minimum absolute atomic E-state index is 0.0833. The highest BCUT2D eigenvalue weighted by Gasteiger charge is 2.04. The van der Waals surface area contributed by atoms with Gasteiger partial charge in [-0.15, -0.1) is 0 Å². The number of hydrogen-bond donors (Lipinski definition) is 2. The normalized spacial score (nSPS) is 10.0. The zero-order valence-corrected chi connectivity index (χ0v) is 14.6. The molecule has 2 heterocycles. The van der Waals surface area contributed by atoms with Crippen molar-refractivity contribution >= 4 is 11.9 Å². The Morgan fingerprint density at radius 3 is 1.25 bits per heavy atom. The summed E-state index contributed by atoms with van der Waals surface area (Å²) in [5.74, 6) is -2.13. The van der Waals surface area contributed by atoms with E-state index in [9.17, 15) is 9.59 Å². The summed E-state index contributed by atoms with van der Waals surface area (Å²) in [4.78, 5) is 28.7. The molecular formula is C20H16N4O4. The van der Waals surface area contributed by atoms with Crippen molar-refractivity contribution in [3.8, 4) is 11.4 Å². The van der Waals surface area contributed by atoms with Gasteiger partial charge in [-0.2, -0.15) is 0 Å². The van der Waals surface area contributed by atoms with Crippen LogP contribution in [-0.2, 0) is 0 Å². The first-order chi connectivity index (χ1) is 13.5. The molecule has 4 aromatic rings. The lowest BCUT2D eigenvalue weighted by atomic mass is 10.1. The second-order valence-electron chi connectivity index (χ2n) is 5.64. The summed E-state index contributed by atoms with van der Waals surface area (Å²) in [5.41, 5.74) is 2.36. The van der Waals surface area contributed by atoms with Crippen molar-refractivity contribution in [2.24, 2.45) is 0 Å². The number of rotatable bonds is 4. The first kappa shape index (κ1) is 18.6. The van der Waals surface area contributed by atoms with Crippen LogP contribution in [0.25, 0.3) is 11.4 Å². The smallest absolute Gasteiger partial charge is 0.335 e. The van der Waals surface area contributed by atoms with Gasteiger partial charge >= 0.3 is 11.9 Å². The number of nitrogens with zero attached hydrogens (tertiary/aromatic N) is 4. The first-order valence-corrected chi connectivity index (χ1v) is 8.18. The fourth-order valence-corrected chi connectivity index (χ4v) is 2.38. The van der Waals surface area contributed by atoms with Gasteiger partial charge in [-0.1, -0.05) is 0 Å². The van der Waals surface area contributed by atoms with Crippen LogP contribution in [0.1, 0.15) is 20.7 Å². The molecule has 0 aliphatic heterocycles. The molecule has 0 aliphatic carbocycles. The van der Waals surface area contributed by atoms with E-state index in [0.29, 0.717) is 0 Å². The largest absolute Gasteiger partial charge is 0.478 e. The molecule has 140 valence electrons. The predicted molar refractivity (Wildman–Crippen MR) is 101 cm³/mol. The fourth-order valence-electron chi connectivity index (χ4n) is 2.38. The molecule has 8 heteroatoms. The molecule has 2 N–H and O–H groups in total. The number of benzene rings is 2.